The number of nitriles is 1. The van der Waals surface area contributed by atoms with Crippen LogP contribution in [0, 0.1) is 16.7 Å². The van der Waals surface area contributed by atoms with Gasteiger partial charge < -0.3 is 0 Å². The molecule has 0 heterocycles. The predicted molar refractivity (Wildman–Crippen MR) is 88.0 cm³/mol. The van der Waals surface area contributed by atoms with Gasteiger partial charge in [0.05, 0.1) is 6.07 Å². The summed E-state index contributed by atoms with van der Waals surface area (Å²) in [5.74, 6) is 0.756. The fraction of sp³-hybridized carbons (Fsp3) is 0.727. The maximum Gasteiger partial charge on any atom is 0.235 e. The summed E-state index contributed by atoms with van der Waals surface area (Å²) in [6.07, 6.45) is 1.68. The van der Waals surface area contributed by atoms with Gasteiger partial charge >= 0.3 is 0 Å². The molecule has 20 heavy (non-hydrogen) atoms. The van der Waals surface area contributed by atoms with E-state index < -0.39 is 11.3 Å². The molecule has 0 aliphatic heterocycles. The Morgan fingerprint density at radius 3 is 2.50 bits per heavy atom. The fourth-order valence-electron chi connectivity index (χ4n) is 1.57. The smallest absolute Gasteiger partial charge is 0.235 e. The highest BCUT2D eigenvalue weighted by molar-refractivity contribution is 8.04. The second-order valence-electron chi connectivity index (χ2n) is 4.84. The quantitative estimate of drug-likeness (QED) is 0.368. The molecular weight excluding hydrogens is 363 g/mol. The number of hydrogen-bond acceptors (Lipinski definition) is 3. The van der Waals surface area contributed by atoms with E-state index in [4.69, 9.17) is 44.6 Å². The minimum atomic E-state index is -2.13. The molecule has 0 spiro atoms. The van der Waals surface area contributed by atoms with Crippen LogP contribution in [0.5, 0.6) is 0 Å². The van der Waals surface area contributed by atoms with Crippen molar-refractivity contribution in [1.29, 1.82) is 5.26 Å². The van der Waals surface area contributed by atoms with Crippen molar-refractivity contribution in [3.63, 3.8) is 0 Å². The summed E-state index contributed by atoms with van der Waals surface area (Å²) in [7, 11) is 0. The molecule has 0 fully saturated rings. The molecule has 0 aliphatic carbocycles. The first-order valence-corrected chi connectivity index (χ1v) is 8.94. The molecule has 116 valence electrons. The number of rotatable bonds is 9. The number of halogens is 3. The van der Waals surface area contributed by atoms with Gasteiger partial charge in [-0.3, -0.25) is 4.55 Å². The Balaban J connectivity index is 4.22. The second kappa shape index (κ2) is 10.3. The van der Waals surface area contributed by atoms with Crippen molar-refractivity contribution in [2.24, 2.45) is 5.41 Å². The van der Waals surface area contributed by atoms with E-state index >= 15 is 0 Å². The summed E-state index contributed by atoms with van der Waals surface area (Å²) in [4.78, 5) is 0. The Kier molecular flexibility index (Phi) is 10.5. The van der Waals surface area contributed by atoms with E-state index in [9.17, 15) is 4.21 Å². The molecule has 0 aromatic heterocycles. The highest BCUT2D eigenvalue weighted by Crippen LogP contribution is 2.31. The van der Waals surface area contributed by atoms with Gasteiger partial charge in [-0.1, -0.05) is 48.7 Å². The third kappa shape index (κ3) is 9.46. The number of hydrogen-bond donors (Lipinski definition) is 1. The highest BCUT2D eigenvalue weighted by atomic mass is 35.5. The average molecular weight is 380 g/mol. The predicted octanol–water partition coefficient (Wildman–Crippen LogP) is 4.33. The van der Waals surface area contributed by atoms with Crippen molar-refractivity contribution in [3.8, 4) is 6.07 Å². The average Bonchev–Trinajstić information content (AvgIpc) is 2.33. The van der Waals surface area contributed by atoms with E-state index in [-0.39, 0.29) is 16.5 Å². The first-order chi connectivity index (χ1) is 9.19. The normalized spacial score (nSPS) is 13.1. The number of nitrogens with zero attached hydrogens (tertiary/aromatic N) is 2. The van der Waals surface area contributed by atoms with Gasteiger partial charge in [-0.2, -0.15) is 9.57 Å². The first kappa shape index (κ1) is 20.5. The summed E-state index contributed by atoms with van der Waals surface area (Å²) >= 11 is 16.1. The van der Waals surface area contributed by atoms with Gasteiger partial charge in [0.25, 0.3) is 0 Å². The van der Waals surface area contributed by atoms with Gasteiger partial charge in [-0.05, 0) is 24.0 Å². The first-order valence-electron chi connectivity index (χ1n) is 5.76. The van der Waals surface area contributed by atoms with Gasteiger partial charge in [-0.15, -0.1) is 11.8 Å². The third-order valence-electron chi connectivity index (χ3n) is 2.45. The largest absolute Gasteiger partial charge is 0.294 e. The fourth-order valence-corrected chi connectivity index (χ4v) is 3.33. The van der Waals surface area contributed by atoms with Crippen LogP contribution in [-0.2, 0) is 11.3 Å². The van der Waals surface area contributed by atoms with Crippen molar-refractivity contribution >= 4 is 57.8 Å². The summed E-state index contributed by atoms with van der Waals surface area (Å²) in [5, 5.41) is 8.62. The maximum atomic E-state index is 11.1. The molecule has 0 amide bonds. The van der Waals surface area contributed by atoms with Gasteiger partial charge in [-0.25, -0.2) is 4.21 Å². The molecular formula is C11H17Cl3N2O2S2. The molecule has 0 aromatic rings. The topological polar surface area (TPSA) is 64.3 Å². The van der Waals surface area contributed by atoms with Gasteiger partial charge in [0.1, 0.15) is 15.4 Å². The molecule has 0 saturated carbocycles. The Morgan fingerprint density at radius 1 is 1.45 bits per heavy atom. The van der Waals surface area contributed by atoms with Gasteiger partial charge in [0, 0.05) is 6.54 Å². The Morgan fingerprint density at radius 2 is 2.05 bits per heavy atom. The second-order valence-corrected chi connectivity index (χ2v) is 8.47. The monoisotopic (exact) mass is 378 g/mol. The van der Waals surface area contributed by atoms with Gasteiger partial charge in [0.2, 0.25) is 11.3 Å². The zero-order valence-electron chi connectivity index (χ0n) is 11.2. The Labute approximate surface area is 141 Å². The third-order valence-corrected chi connectivity index (χ3v) is 5.41. The minimum Gasteiger partial charge on any atom is -0.294 e. The zero-order chi connectivity index (χ0) is 15.8. The molecule has 0 aromatic carbocycles. The van der Waals surface area contributed by atoms with E-state index in [1.807, 2.05) is 19.9 Å². The van der Waals surface area contributed by atoms with E-state index in [0.29, 0.717) is 10.9 Å². The van der Waals surface area contributed by atoms with Crippen LogP contribution in [0.1, 0.15) is 26.7 Å². The molecule has 0 rings (SSSR count). The van der Waals surface area contributed by atoms with E-state index in [2.05, 4.69) is 0 Å². The molecule has 0 bridgehead atoms. The van der Waals surface area contributed by atoms with Crippen LogP contribution in [0.3, 0.4) is 0 Å². The SMILES string of the molecule is CC(C)(CCCSC(Cl)=C(Cl)Cl)CN(CC#N)S(=O)O. The lowest BCUT2D eigenvalue weighted by atomic mass is 9.88. The zero-order valence-corrected chi connectivity index (χ0v) is 15.1. The molecule has 0 radical (unpaired) electrons. The lowest BCUT2D eigenvalue weighted by molar-refractivity contribution is 0.250. The Bertz CT molecular complexity index is 407. The minimum absolute atomic E-state index is 0.0619. The highest BCUT2D eigenvalue weighted by Gasteiger charge is 2.24. The van der Waals surface area contributed by atoms with Crippen LogP contribution in [0.15, 0.2) is 8.86 Å². The van der Waals surface area contributed by atoms with Crippen LogP contribution >= 0.6 is 46.6 Å². The van der Waals surface area contributed by atoms with Gasteiger partial charge in [0.15, 0.2) is 0 Å². The van der Waals surface area contributed by atoms with Crippen molar-refractivity contribution < 1.29 is 8.76 Å². The molecule has 0 aliphatic rings. The van der Waals surface area contributed by atoms with Crippen molar-refractivity contribution in [2.75, 3.05) is 18.8 Å². The molecule has 1 atom stereocenters. The number of thioether (sulfide) groups is 1. The van der Waals surface area contributed by atoms with Crippen LogP contribution in [0.4, 0.5) is 0 Å². The maximum absolute atomic E-state index is 11.1. The standard InChI is InChI=1S/C11H17Cl3N2O2S2/c1-11(2,8-16(6-5-15)20(17)18)4-3-7-19-10(14)9(12)13/h3-4,6-8H2,1-2H3,(H,17,18). The molecule has 4 nitrogen and oxygen atoms in total. The van der Waals surface area contributed by atoms with Crippen molar-refractivity contribution in [1.82, 2.24) is 4.31 Å². The molecule has 1 N–H and O–H groups in total. The van der Waals surface area contributed by atoms with Crippen LogP contribution in [0.2, 0.25) is 0 Å². The van der Waals surface area contributed by atoms with Crippen LogP contribution < -0.4 is 0 Å². The lowest BCUT2D eigenvalue weighted by Gasteiger charge is -2.29. The van der Waals surface area contributed by atoms with Crippen molar-refractivity contribution in [3.05, 3.63) is 8.86 Å². The lowest BCUT2D eigenvalue weighted by Crippen LogP contribution is -2.35. The summed E-state index contributed by atoms with van der Waals surface area (Å²) in [6, 6.07) is 1.88. The summed E-state index contributed by atoms with van der Waals surface area (Å²) in [5.41, 5.74) is -0.184. The van der Waals surface area contributed by atoms with Crippen LogP contribution in [-0.4, -0.2) is 31.9 Å². The molecule has 9 heteroatoms. The summed E-state index contributed by atoms with van der Waals surface area (Å²) in [6.45, 7) is 4.27. The summed E-state index contributed by atoms with van der Waals surface area (Å²) < 4.78 is 21.9. The molecule has 1 unspecified atom stereocenters. The Hall–Kier alpha value is 0.520. The van der Waals surface area contributed by atoms with Crippen molar-refractivity contribution in [2.45, 2.75) is 26.7 Å². The van der Waals surface area contributed by atoms with Crippen LogP contribution in [0.25, 0.3) is 0 Å². The van der Waals surface area contributed by atoms with E-state index in [1.54, 1.807) is 0 Å². The van der Waals surface area contributed by atoms with E-state index in [1.165, 1.54) is 16.1 Å². The molecule has 0 saturated heterocycles. The van der Waals surface area contributed by atoms with E-state index in [0.717, 1.165) is 18.6 Å².